The molecule has 1 heterocycles. The molecule has 2 rings (SSSR count). The van der Waals surface area contributed by atoms with E-state index in [0.29, 0.717) is 23.0 Å². The van der Waals surface area contributed by atoms with E-state index >= 15 is 0 Å². The van der Waals surface area contributed by atoms with Crippen molar-refractivity contribution < 1.29 is 9.53 Å². The van der Waals surface area contributed by atoms with Gasteiger partial charge >= 0.3 is 5.97 Å². The number of carbonyl (C=O) groups excluding carboxylic acids is 1. The van der Waals surface area contributed by atoms with E-state index in [1.807, 2.05) is 0 Å². The number of aromatic nitrogens is 2. The number of hydrogen-bond donors (Lipinski definition) is 2. The number of H-pyrrole nitrogens is 1. The van der Waals surface area contributed by atoms with Gasteiger partial charge in [-0.2, -0.15) is 0 Å². The quantitative estimate of drug-likeness (QED) is 0.778. The number of aromatic amines is 1. The Hall–Kier alpha value is -2.05. The van der Waals surface area contributed by atoms with E-state index in [2.05, 4.69) is 15.3 Å². The van der Waals surface area contributed by atoms with Gasteiger partial charge in [0.05, 0.1) is 12.8 Å². The maximum Gasteiger partial charge on any atom is 0.345 e. The first-order valence-corrected chi connectivity index (χ1v) is 7.71. The molecule has 23 heavy (non-hydrogen) atoms. The molecule has 2 N–H and O–H groups in total. The average molecular weight is 356 g/mol. The third-order valence-corrected chi connectivity index (χ3v) is 3.73. The van der Waals surface area contributed by atoms with Crippen molar-refractivity contribution in [1.29, 1.82) is 0 Å². The van der Waals surface area contributed by atoms with Crippen molar-refractivity contribution in [3.8, 4) is 0 Å². The highest BCUT2D eigenvalue weighted by Gasteiger charge is 2.12. The highest BCUT2D eigenvalue weighted by molar-refractivity contribution is 6.35. The molecule has 0 radical (unpaired) electrons. The van der Waals surface area contributed by atoms with Crippen LogP contribution in [0, 0.1) is 0 Å². The van der Waals surface area contributed by atoms with E-state index in [4.69, 9.17) is 27.9 Å². The van der Waals surface area contributed by atoms with Crippen LogP contribution < -0.4 is 10.9 Å². The van der Waals surface area contributed by atoms with Gasteiger partial charge in [0.15, 0.2) is 0 Å². The SMILES string of the molecule is CCOC(=O)c1cnc(NCCc2c(Cl)cccc2Cl)[nH]c1=O. The minimum absolute atomic E-state index is 0.133. The summed E-state index contributed by atoms with van der Waals surface area (Å²) in [7, 11) is 0. The van der Waals surface area contributed by atoms with Crippen molar-refractivity contribution in [2.75, 3.05) is 18.5 Å². The summed E-state index contributed by atoms with van der Waals surface area (Å²) in [5, 5.41) is 4.11. The van der Waals surface area contributed by atoms with E-state index in [0.717, 1.165) is 5.56 Å². The van der Waals surface area contributed by atoms with Crippen molar-refractivity contribution >= 4 is 35.1 Å². The maximum absolute atomic E-state index is 11.8. The van der Waals surface area contributed by atoms with Crippen molar-refractivity contribution in [3.05, 3.63) is 55.9 Å². The molecule has 8 heteroatoms. The summed E-state index contributed by atoms with van der Waals surface area (Å²) in [6.07, 6.45) is 1.74. The second kappa shape index (κ2) is 7.99. The molecule has 0 bridgehead atoms. The van der Waals surface area contributed by atoms with Crippen LogP contribution in [0.3, 0.4) is 0 Å². The van der Waals surface area contributed by atoms with Gasteiger partial charge in [-0.05, 0) is 31.0 Å². The fourth-order valence-electron chi connectivity index (χ4n) is 1.92. The van der Waals surface area contributed by atoms with Gasteiger partial charge in [-0.25, -0.2) is 9.78 Å². The zero-order chi connectivity index (χ0) is 16.8. The van der Waals surface area contributed by atoms with E-state index in [1.54, 1.807) is 25.1 Å². The second-order valence-corrected chi connectivity index (χ2v) is 5.39. The molecular weight excluding hydrogens is 341 g/mol. The molecule has 122 valence electrons. The molecule has 0 aliphatic carbocycles. The number of halogens is 2. The van der Waals surface area contributed by atoms with Gasteiger partial charge in [-0.3, -0.25) is 9.78 Å². The van der Waals surface area contributed by atoms with E-state index in [9.17, 15) is 9.59 Å². The van der Waals surface area contributed by atoms with Crippen molar-refractivity contribution in [3.63, 3.8) is 0 Å². The third kappa shape index (κ3) is 4.46. The molecule has 0 aliphatic heterocycles. The predicted octanol–water partition coefficient (Wildman–Crippen LogP) is 2.91. The summed E-state index contributed by atoms with van der Waals surface area (Å²) >= 11 is 12.2. The zero-order valence-corrected chi connectivity index (χ0v) is 13.9. The van der Waals surface area contributed by atoms with E-state index < -0.39 is 11.5 Å². The molecule has 0 saturated heterocycles. The number of nitrogens with one attached hydrogen (secondary N) is 2. The Balaban J connectivity index is 2.00. The van der Waals surface area contributed by atoms with Crippen LogP contribution in [0.4, 0.5) is 5.95 Å². The fourth-order valence-corrected chi connectivity index (χ4v) is 2.50. The van der Waals surface area contributed by atoms with Crippen LogP contribution in [0.25, 0.3) is 0 Å². The summed E-state index contributed by atoms with van der Waals surface area (Å²) in [4.78, 5) is 29.8. The lowest BCUT2D eigenvalue weighted by Crippen LogP contribution is -2.22. The van der Waals surface area contributed by atoms with E-state index in [-0.39, 0.29) is 18.1 Å². The molecule has 1 aromatic carbocycles. The number of anilines is 1. The van der Waals surface area contributed by atoms with Gasteiger partial charge in [0.25, 0.3) is 5.56 Å². The van der Waals surface area contributed by atoms with Crippen molar-refractivity contribution in [2.24, 2.45) is 0 Å². The van der Waals surface area contributed by atoms with Gasteiger partial charge in [0, 0.05) is 16.6 Å². The number of esters is 1. The monoisotopic (exact) mass is 355 g/mol. The van der Waals surface area contributed by atoms with Crippen LogP contribution in [-0.2, 0) is 11.2 Å². The molecule has 6 nitrogen and oxygen atoms in total. The number of carbonyl (C=O) groups is 1. The third-order valence-electron chi connectivity index (χ3n) is 3.02. The standard InChI is InChI=1S/C15H15Cl2N3O3/c1-2-23-14(22)10-8-19-15(20-13(10)21)18-7-6-9-11(16)4-3-5-12(9)17/h3-5,8H,2,6-7H2,1H3,(H2,18,19,20,21). The lowest BCUT2D eigenvalue weighted by atomic mass is 10.1. The van der Waals surface area contributed by atoms with E-state index in [1.165, 1.54) is 6.20 Å². The predicted molar refractivity (Wildman–Crippen MR) is 89.5 cm³/mol. The molecule has 2 aromatic rings. The summed E-state index contributed by atoms with van der Waals surface area (Å²) in [5.74, 6) is -0.443. The first-order chi connectivity index (χ1) is 11.0. The molecular formula is C15H15Cl2N3O3. The summed E-state index contributed by atoms with van der Waals surface area (Å²) in [6, 6.07) is 5.29. The minimum atomic E-state index is -0.698. The molecule has 0 atom stereocenters. The first-order valence-electron chi connectivity index (χ1n) is 6.96. The normalized spacial score (nSPS) is 10.4. The highest BCUT2D eigenvalue weighted by Crippen LogP contribution is 2.24. The van der Waals surface area contributed by atoms with Crippen LogP contribution >= 0.6 is 23.2 Å². The number of rotatable bonds is 6. The van der Waals surface area contributed by atoms with Crippen LogP contribution in [0.2, 0.25) is 10.0 Å². The molecule has 0 amide bonds. The first kappa shape index (κ1) is 17.3. The van der Waals surface area contributed by atoms with Gasteiger partial charge in [-0.1, -0.05) is 29.3 Å². The molecule has 0 spiro atoms. The van der Waals surface area contributed by atoms with Crippen molar-refractivity contribution in [2.45, 2.75) is 13.3 Å². The smallest absolute Gasteiger partial charge is 0.345 e. The Morgan fingerprint density at radius 1 is 1.35 bits per heavy atom. The largest absolute Gasteiger partial charge is 0.462 e. The Morgan fingerprint density at radius 3 is 2.65 bits per heavy atom. The Kier molecular flexibility index (Phi) is 6.01. The topological polar surface area (TPSA) is 84.1 Å². The lowest BCUT2D eigenvalue weighted by Gasteiger charge is -2.08. The zero-order valence-electron chi connectivity index (χ0n) is 12.4. The van der Waals surface area contributed by atoms with Crippen molar-refractivity contribution in [1.82, 2.24) is 9.97 Å². The Bertz CT molecular complexity index is 742. The molecule has 1 aromatic heterocycles. The minimum Gasteiger partial charge on any atom is -0.462 e. The van der Waals surface area contributed by atoms with Crippen LogP contribution in [-0.4, -0.2) is 29.1 Å². The van der Waals surface area contributed by atoms with Gasteiger partial charge in [0.1, 0.15) is 5.56 Å². The van der Waals surface area contributed by atoms with Crippen LogP contribution in [0.1, 0.15) is 22.8 Å². The lowest BCUT2D eigenvalue weighted by molar-refractivity contribution is 0.0524. The maximum atomic E-state index is 11.8. The van der Waals surface area contributed by atoms with Gasteiger partial charge < -0.3 is 10.1 Å². The van der Waals surface area contributed by atoms with Crippen LogP contribution in [0.15, 0.2) is 29.2 Å². The van der Waals surface area contributed by atoms with Gasteiger partial charge in [-0.15, -0.1) is 0 Å². The summed E-state index contributed by atoms with van der Waals surface area (Å²) in [5.41, 5.74) is 0.122. The molecule has 0 unspecified atom stereocenters. The fraction of sp³-hybridized carbons (Fsp3) is 0.267. The Morgan fingerprint density at radius 2 is 2.04 bits per heavy atom. The Labute approximate surface area is 142 Å². The summed E-state index contributed by atoms with van der Waals surface area (Å²) < 4.78 is 4.77. The molecule has 0 saturated carbocycles. The summed E-state index contributed by atoms with van der Waals surface area (Å²) in [6.45, 7) is 2.32. The molecule has 0 aliphatic rings. The second-order valence-electron chi connectivity index (χ2n) is 4.57. The average Bonchev–Trinajstić information content (AvgIpc) is 2.50. The van der Waals surface area contributed by atoms with Crippen LogP contribution in [0.5, 0.6) is 0 Å². The number of ether oxygens (including phenoxy) is 1. The number of hydrogen-bond acceptors (Lipinski definition) is 5. The van der Waals surface area contributed by atoms with Gasteiger partial charge in [0.2, 0.25) is 5.95 Å². The number of nitrogens with zero attached hydrogens (tertiary/aromatic N) is 1. The number of benzene rings is 1. The molecule has 0 fully saturated rings. The highest BCUT2D eigenvalue weighted by atomic mass is 35.5.